The molecule has 0 aromatic heterocycles. The minimum Gasteiger partial charge on any atom is -0.494 e. The summed E-state index contributed by atoms with van der Waals surface area (Å²) in [7, 11) is -4.19. The number of hydrogen-bond acceptors (Lipinski definition) is 5. The van der Waals surface area contributed by atoms with Crippen LogP contribution in [0.2, 0.25) is 5.02 Å². The summed E-state index contributed by atoms with van der Waals surface area (Å²) in [5.74, 6) is 0.386. The van der Waals surface area contributed by atoms with E-state index in [1.54, 1.807) is 36.4 Å². The number of amides is 1. The Balaban J connectivity index is 1.87. The van der Waals surface area contributed by atoms with Gasteiger partial charge in [-0.2, -0.15) is 4.31 Å². The third kappa shape index (κ3) is 6.52. The molecular weight excluding hydrogens is 474 g/mol. The van der Waals surface area contributed by atoms with Crippen LogP contribution in [-0.4, -0.2) is 27.5 Å². The molecule has 34 heavy (non-hydrogen) atoms. The fourth-order valence-electron chi connectivity index (χ4n) is 3.31. The van der Waals surface area contributed by atoms with E-state index in [1.807, 2.05) is 19.1 Å². The van der Waals surface area contributed by atoms with Crippen LogP contribution in [0.4, 0.5) is 5.69 Å². The van der Waals surface area contributed by atoms with Gasteiger partial charge in [0.25, 0.3) is 15.9 Å². The molecule has 3 rings (SSSR count). The average Bonchev–Trinajstić information content (AvgIpc) is 2.83. The minimum atomic E-state index is -4.19. The van der Waals surface area contributed by atoms with E-state index in [4.69, 9.17) is 21.1 Å². The highest BCUT2D eigenvalue weighted by atomic mass is 35.5. The first-order valence-electron chi connectivity index (χ1n) is 11.1. The molecule has 0 aliphatic heterocycles. The van der Waals surface area contributed by atoms with Crippen LogP contribution in [0.15, 0.2) is 77.7 Å². The van der Waals surface area contributed by atoms with E-state index < -0.39 is 22.5 Å². The Hall–Kier alpha value is -3.03. The largest absolute Gasteiger partial charge is 0.494 e. The molecule has 0 N–H and O–H groups in total. The van der Waals surface area contributed by atoms with Crippen LogP contribution in [-0.2, 0) is 21.2 Å². The summed E-state index contributed by atoms with van der Waals surface area (Å²) in [6, 6.07) is 19.5. The van der Waals surface area contributed by atoms with E-state index in [0.29, 0.717) is 23.1 Å². The van der Waals surface area contributed by atoms with Crippen LogP contribution in [0.5, 0.6) is 11.5 Å². The SMILES string of the molecule is CCCCc1ccc(N(C(=O)COc2ccc(OCC)cc2)S(=O)(=O)c2ccc(Cl)cc2)cc1. The van der Waals surface area contributed by atoms with Crippen molar-refractivity contribution >= 4 is 33.2 Å². The summed E-state index contributed by atoms with van der Waals surface area (Å²) < 4.78 is 38.7. The molecular formula is C26H28ClNO5S. The monoisotopic (exact) mass is 501 g/mol. The Kier molecular flexibility index (Phi) is 8.96. The molecule has 0 fully saturated rings. The molecule has 0 heterocycles. The average molecular weight is 502 g/mol. The standard InChI is InChI=1S/C26H28ClNO5S/c1-3-5-6-20-7-11-22(12-8-20)28(34(30,31)25-17-9-21(27)10-18-25)26(29)19-33-24-15-13-23(14-16-24)32-4-2/h7-18H,3-6,19H2,1-2H3. The molecule has 0 saturated carbocycles. The Morgan fingerprint density at radius 1 is 0.853 bits per heavy atom. The van der Waals surface area contributed by atoms with Crippen molar-refractivity contribution in [3.63, 3.8) is 0 Å². The van der Waals surface area contributed by atoms with Gasteiger partial charge >= 0.3 is 0 Å². The number of unbranched alkanes of at least 4 members (excludes halogenated alkanes) is 1. The van der Waals surface area contributed by atoms with Gasteiger partial charge in [0.15, 0.2) is 6.61 Å². The number of rotatable bonds is 11. The van der Waals surface area contributed by atoms with E-state index in [2.05, 4.69) is 6.92 Å². The van der Waals surface area contributed by atoms with Crippen LogP contribution >= 0.6 is 11.6 Å². The molecule has 0 spiro atoms. The number of aryl methyl sites for hydroxylation is 1. The molecule has 0 radical (unpaired) electrons. The van der Waals surface area contributed by atoms with Crippen molar-refractivity contribution in [1.29, 1.82) is 0 Å². The zero-order chi connectivity index (χ0) is 24.6. The molecule has 1 amide bonds. The van der Waals surface area contributed by atoms with Gasteiger partial charge in [0.05, 0.1) is 17.2 Å². The molecule has 0 unspecified atom stereocenters. The lowest BCUT2D eigenvalue weighted by atomic mass is 10.1. The third-order valence-electron chi connectivity index (χ3n) is 5.07. The second-order valence-corrected chi connectivity index (χ2v) is 9.80. The number of anilines is 1. The number of hydrogen-bond donors (Lipinski definition) is 0. The van der Waals surface area contributed by atoms with E-state index in [-0.39, 0.29) is 10.6 Å². The van der Waals surface area contributed by atoms with Crippen molar-refractivity contribution in [2.75, 3.05) is 17.5 Å². The molecule has 8 heteroatoms. The maximum absolute atomic E-state index is 13.5. The first kappa shape index (κ1) is 25.6. The van der Waals surface area contributed by atoms with E-state index in [1.165, 1.54) is 24.3 Å². The zero-order valence-electron chi connectivity index (χ0n) is 19.2. The summed E-state index contributed by atoms with van der Waals surface area (Å²) in [6.07, 6.45) is 2.97. The molecule has 3 aromatic carbocycles. The highest BCUT2D eigenvalue weighted by molar-refractivity contribution is 7.93. The number of benzene rings is 3. The number of sulfonamides is 1. The van der Waals surface area contributed by atoms with Crippen molar-refractivity contribution in [2.45, 2.75) is 38.0 Å². The van der Waals surface area contributed by atoms with Crippen molar-refractivity contribution < 1.29 is 22.7 Å². The Morgan fingerprint density at radius 3 is 2.00 bits per heavy atom. The van der Waals surface area contributed by atoms with Crippen LogP contribution < -0.4 is 13.8 Å². The highest BCUT2D eigenvalue weighted by Crippen LogP contribution is 2.26. The zero-order valence-corrected chi connectivity index (χ0v) is 20.8. The molecule has 0 atom stereocenters. The fourth-order valence-corrected chi connectivity index (χ4v) is 4.85. The van der Waals surface area contributed by atoms with Gasteiger partial charge in [-0.15, -0.1) is 0 Å². The van der Waals surface area contributed by atoms with E-state index in [9.17, 15) is 13.2 Å². The van der Waals surface area contributed by atoms with Gasteiger partial charge in [0.1, 0.15) is 11.5 Å². The number of carbonyl (C=O) groups is 1. The van der Waals surface area contributed by atoms with Crippen molar-refractivity contribution in [2.24, 2.45) is 0 Å². The van der Waals surface area contributed by atoms with Gasteiger partial charge in [-0.3, -0.25) is 4.79 Å². The summed E-state index contributed by atoms with van der Waals surface area (Å²) in [5.41, 5.74) is 1.32. The number of nitrogens with zero attached hydrogens (tertiary/aromatic N) is 1. The van der Waals surface area contributed by atoms with Gasteiger partial charge in [-0.1, -0.05) is 37.1 Å². The van der Waals surface area contributed by atoms with Gasteiger partial charge in [-0.05, 0) is 86.0 Å². The summed E-state index contributed by atoms with van der Waals surface area (Å²) in [6.45, 7) is 4.07. The number of ether oxygens (including phenoxy) is 2. The normalized spacial score (nSPS) is 11.1. The van der Waals surface area contributed by atoms with Gasteiger partial charge in [0.2, 0.25) is 0 Å². The maximum atomic E-state index is 13.5. The molecule has 0 aliphatic rings. The van der Waals surface area contributed by atoms with Crippen LogP contribution in [0.1, 0.15) is 32.3 Å². The van der Waals surface area contributed by atoms with Gasteiger partial charge in [0, 0.05) is 5.02 Å². The van der Waals surface area contributed by atoms with E-state index >= 15 is 0 Å². The summed E-state index contributed by atoms with van der Waals surface area (Å²) in [4.78, 5) is 13.2. The smallest absolute Gasteiger partial charge is 0.278 e. The molecule has 3 aromatic rings. The lowest BCUT2D eigenvalue weighted by Gasteiger charge is -2.23. The van der Waals surface area contributed by atoms with Gasteiger partial charge < -0.3 is 9.47 Å². The van der Waals surface area contributed by atoms with Crippen LogP contribution in [0, 0.1) is 0 Å². The van der Waals surface area contributed by atoms with Crippen molar-refractivity contribution in [3.8, 4) is 11.5 Å². The molecule has 0 bridgehead atoms. The third-order valence-corrected chi connectivity index (χ3v) is 7.08. The maximum Gasteiger partial charge on any atom is 0.278 e. The molecule has 6 nitrogen and oxygen atoms in total. The first-order chi connectivity index (χ1) is 16.3. The number of carbonyl (C=O) groups excluding carboxylic acids is 1. The van der Waals surface area contributed by atoms with Crippen LogP contribution in [0.3, 0.4) is 0 Å². The summed E-state index contributed by atoms with van der Waals surface area (Å²) >= 11 is 5.92. The van der Waals surface area contributed by atoms with Gasteiger partial charge in [-0.25, -0.2) is 8.42 Å². The summed E-state index contributed by atoms with van der Waals surface area (Å²) in [5, 5.41) is 0.399. The topological polar surface area (TPSA) is 72.9 Å². The Morgan fingerprint density at radius 2 is 1.44 bits per heavy atom. The predicted octanol–water partition coefficient (Wildman–Crippen LogP) is 5.88. The minimum absolute atomic E-state index is 0.0404. The first-order valence-corrected chi connectivity index (χ1v) is 12.9. The fraction of sp³-hybridized carbons (Fsp3) is 0.269. The lowest BCUT2D eigenvalue weighted by molar-refractivity contribution is -0.119. The second kappa shape index (κ2) is 11.9. The predicted molar refractivity (Wildman–Crippen MR) is 134 cm³/mol. The highest BCUT2D eigenvalue weighted by Gasteiger charge is 2.31. The lowest BCUT2D eigenvalue weighted by Crippen LogP contribution is -2.40. The Labute approximate surface area is 206 Å². The quantitative estimate of drug-likeness (QED) is 0.328. The van der Waals surface area contributed by atoms with Crippen molar-refractivity contribution in [3.05, 3.63) is 83.4 Å². The second-order valence-electron chi connectivity index (χ2n) is 7.58. The van der Waals surface area contributed by atoms with Crippen molar-refractivity contribution in [1.82, 2.24) is 0 Å². The van der Waals surface area contributed by atoms with E-state index in [0.717, 1.165) is 29.1 Å². The van der Waals surface area contributed by atoms with Crippen LogP contribution in [0.25, 0.3) is 0 Å². The molecule has 0 saturated heterocycles. The molecule has 0 aliphatic carbocycles. The molecule has 180 valence electrons. The Bertz CT molecular complexity index is 1180. The number of halogens is 1.